The molecule has 7 nitrogen and oxygen atoms in total. The van der Waals surface area contributed by atoms with Crippen LogP contribution in [-0.4, -0.2) is 38.6 Å². The summed E-state index contributed by atoms with van der Waals surface area (Å²) in [7, 11) is 0. The minimum absolute atomic E-state index is 0.202. The van der Waals surface area contributed by atoms with Gasteiger partial charge in [0.15, 0.2) is 0 Å². The summed E-state index contributed by atoms with van der Waals surface area (Å²) in [6.07, 6.45) is -0.607. The molecule has 17 heavy (non-hydrogen) atoms. The molecule has 1 saturated heterocycles. The van der Waals surface area contributed by atoms with Gasteiger partial charge in [-0.15, -0.1) is 0 Å². The van der Waals surface area contributed by atoms with E-state index >= 15 is 0 Å². The summed E-state index contributed by atoms with van der Waals surface area (Å²) in [5.41, 5.74) is -1.05. The first-order valence-corrected chi connectivity index (χ1v) is 6.06. The Labute approximate surface area is 109 Å². The van der Waals surface area contributed by atoms with Crippen molar-refractivity contribution in [2.75, 3.05) is 6.61 Å². The first-order chi connectivity index (χ1) is 8.02. The van der Waals surface area contributed by atoms with Crippen molar-refractivity contribution in [3.05, 3.63) is 30.6 Å². The Kier molecular flexibility index (Phi) is 3.66. The van der Waals surface area contributed by atoms with Gasteiger partial charge in [-0.25, -0.2) is 4.79 Å². The Balaban J connectivity index is 2.34. The van der Waals surface area contributed by atoms with Crippen molar-refractivity contribution < 1.29 is 14.9 Å². The van der Waals surface area contributed by atoms with Gasteiger partial charge in [-0.2, -0.15) is 0 Å². The second kappa shape index (κ2) is 4.88. The van der Waals surface area contributed by atoms with E-state index in [9.17, 15) is 14.7 Å². The summed E-state index contributed by atoms with van der Waals surface area (Å²) in [4.78, 5) is 24.9. The first kappa shape index (κ1) is 12.7. The molecule has 2 rings (SSSR count). The van der Waals surface area contributed by atoms with Gasteiger partial charge in [0.25, 0.3) is 5.56 Å². The summed E-state index contributed by atoms with van der Waals surface area (Å²) in [6, 6.07) is 0. The minimum atomic E-state index is -0.818. The van der Waals surface area contributed by atoms with Gasteiger partial charge in [0.05, 0.1) is 16.3 Å². The molecule has 0 aromatic carbocycles. The molecule has 3 atom stereocenters. The number of halogens is 1. The molecule has 0 amide bonds. The highest BCUT2D eigenvalue weighted by Crippen LogP contribution is 2.27. The number of H-pyrrole nitrogens is 1. The Morgan fingerprint density at radius 3 is 2.88 bits per heavy atom. The zero-order valence-electron chi connectivity index (χ0n) is 8.67. The van der Waals surface area contributed by atoms with E-state index in [1.807, 2.05) is 0 Å². The first-order valence-electron chi connectivity index (χ1n) is 4.98. The van der Waals surface area contributed by atoms with Crippen LogP contribution in [0.5, 0.6) is 0 Å². The molecule has 0 bridgehead atoms. The van der Waals surface area contributed by atoms with Gasteiger partial charge in [-0.1, -0.05) is 0 Å². The number of aliphatic hydroxyl groups is 2. The van der Waals surface area contributed by atoms with Crippen LogP contribution < -0.4 is 11.2 Å². The number of ether oxygens (including phenoxy) is 1. The second-order valence-electron chi connectivity index (χ2n) is 3.76. The van der Waals surface area contributed by atoms with E-state index in [-0.39, 0.29) is 13.0 Å². The number of aromatic amines is 1. The lowest BCUT2D eigenvalue weighted by Crippen LogP contribution is -2.33. The molecule has 1 aliphatic heterocycles. The van der Waals surface area contributed by atoms with E-state index in [0.717, 1.165) is 0 Å². The fourth-order valence-electron chi connectivity index (χ4n) is 1.72. The van der Waals surface area contributed by atoms with E-state index in [1.54, 1.807) is 22.6 Å². The van der Waals surface area contributed by atoms with Gasteiger partial charge >= 0.3 is 5.69 Å². The third kappa shape index (κ3) is 2.44. The molecule has 1 aromatic rings. The van der Waals surface area contributed by atoms with Crippen LogP contribution in [0.1, 0.15) is 12.6 Å². The van der Waals surface area contributed by atoms with Gasteiger partial charge in [0.1, 0.15) is 12.3 Å². The van der Waals surface area contributed by atoms with Gasteiger partial charge < -0.3 is 14.9 Å². The maximum atomic E-state index is 11.6. The molecule has 3 N–H and O–H groups in total. The predicted molar refractivity (Wildman–Crippen MR) is 65.7 cm³/mol. The summed E-state index contributed by atoms with van der Waals surface area (Å²) < 4.78 is 6.89. The van der Waals surface area contributed by atoms with Gasteiger partial charge in [0, 0.05) is 12.6 Å². The van der Waals surface area contributed by atoms with Crippen molar-refractivity contribution in [2.45, 2.75) is 24.9 Å². The third-order valence-corrected chi connectivity index (χ3v) is 3.39. The van der Waals surface area contributed by atoms with Gasteiger partial charge in [-0.05, 0) is 22.6 Å². The highest BCUT2D eigenvalue weighted by atomic mass is 123. The highest BCUT2D eigenvalue weighted by Gasteiger charge is 2.34. The molecular weight excluding hydrogens is 339 g/mol. The van der Waals surface area contributed by atoms with Crippen LogP contribution in [-0.2, 0) is 4.74 Å². The summed E-state index contributed by atoms with van der Waals surface area (Å²) in [5.74, 6) is 0. The van der Waals surface area contributed by atoms with Crippen LogP contribution in [0.15, 0.2) is 15.8 Å². The number of rotatable bonds is 2. The molecule has 0 radical (unpaired) electrons. The zero-order valence-corrected chi connectivity index (χ0v) is 10.8. The quantitative estimate of drug-likeness (QED) is 0.580. The lowest BCUT2D eigenvalue weighted by Gasteiger charge is -2.14. The lowest BCUT2D eigenvalue weighted by molar-refractivity contribution is -0.0459. The normalized spacial score (nSPS) is 28.5. The SMILES string of the molecule is O=c1[nH]c(=O)n([C@H]2C[C@H](O)[C@@H](CO)O2)cc1[123I]. The van der Waals surface area contributed by atoms with Crippen LogP contribution in [0.25, 0.3) is 0 Å². The van der Waals surface area contributed by atoms with Crippen LogP contribution in [0.4, 0.5) is 0 Å². The van der Waals surface area contributed by atoms with Crippen molar-refractivity contribution in [1.29, 1.82) is 0 Å². The van der Waals surface area contributed by atoms with Crippen LogP contribution in [0.2, 0.25) is 0 Å². The molecule has 0 saturated carbocycles. The van der Waals surface area contributed by atoms with Crippen molar-refractivity contribution in [3.8, 4) is 0 Å². The van der Waals surface area contributed by atoms with E-state index in [4.69, 9.17) is 9.84 Å². The van der Waals surface area contributed by atoms with Crippen molar-refractivity contribution >= 4 is 22.6 Å². The highest BCUT2D eigenvalue weighted by molar-refractivity contribution is 14.1. The average Bonchev–Trinajstić information content (AvgIpc) is 2.65. The third-order valence-electron chi connectivity index (χ3n) is 2.62. The maximum Gasteiger partial charge on any atom is 0.330 e. The summed E-state index contributed by atoms with van der Waals surface area (Å²) in [5, 5.41) is 18.5. The molecule has 1 aromatic heterocycles. The van der Waals surface area contributed by atoms with Crippen molar-refractivity contribution in [2.24, 2.45) is 0 Å². The van der Waals surface area contributed by atoms with Gasteiger partial charge in [-0.3, -0.25) is 14.3 Å². The van der Waals surface area contributed by atoms with E-state index in [2.05, 4.69) is 4.98 Å². The maximum absolute atomic E-state index is 11.6. The predicted octanol–water partition coefficient (Wildman–Crippen LogP) is -1.22. The molecule has 2 heterocycles. The standard InChI is InChI=1S/C9H11IN2O5/c10-4-2-12(9(16)11-8(4)15)7-1-5(14)6(3-13)17-7/h2,5-7,13-14H,1,3H2,(H,11,15,16)/t5-,6+,7+/m0/s1/i10-4. The van der Waals surface area contributed by atoms with E-state index in [0.29, 0.717) is 3.57 Å². The molecule has 94 valence electrons. The van der Waals surface area contributed by atoms with Crippen LogP contribution in [0, 0.1) is 3.57 Å². The summed E-state index contributed by atoms with van der Waals surface area (Å²) >= 11 is 1.80. The largest absolute Gasteiger partial charge is 0.394 e. The molecular formula is C9H11IN2O5. The Morgan fingerprint density at radius 2 is 2.29 bits per heavy atom. The van der Waals surface area contributed by atoms with Crippen molar-refractivity contribution in [3.63, 3.8) is 0 Å². The smallest absolute Gasteiger partial charge is 0.330 e. The monoisotopic (exact) mass is 350 g/mol. The fraction of sp³-hybridized carbons (Fsp3) is 0.556. The average molecular weight is 350 g/mol. The van der Waals surface area contributed by atoms with E-state index < -0.39 is 29.7 Å². The number of aliphatic hydroxyl groups excluding tert-OH is 2. The topological polar surface area (TPSA) is 105 Å². The number of nitrogens with one attached hydrogen (secondary N) is 1. The summed E-state index contributed by atoms with van der Waals surface area (Å²) in [6.45, 7) is -0.313. The van der Waals surface area contributed by atoms with Crippen molar-refractivity contribution in [1.82, 2.24) is 9.55 Å². The molecule has 8 heteroatoms. The Morgan fingerprint density at radius 1 is 1.59 bits per heavy atom. The Bertz CT molecular complexity index is 525. The van der Waals surface area contributed by atoms with Crippen LogP contribution >= 0.6 is 22.6 Å². The molecule has 0 spiro atoms. The zero-order chi connectivity index (χ0) is 12.6. The second-order valence-corrected chi connectivity index (χ2v) is 4.92. The number of hydrogen-bond acceptors (Lipinski definition) is 5. The molecule has 0 unspecified atom stereocenters. The minimum Gasteiger partial charge on any atom is -0.394 e. The molecule has 1 fully saturated rings. The fourth-order valence-corrected chi connectivity index (χ4v) is 2.16. The van der Waals surface area contributed by atoms with E-state index in [1.165, 1.54) is 10.8 Å². The molecule has 1 aliphatic rings. The van der Waals surface area contributed by atoms with Gasteiger partial charge in [0.2, 0.25) is 0 Å². The number of nitrogens with zero attached hydrogens (tertiary/aromatic N) is 1. The Hall–Kier alpha value is -0.710. The van der Waals surface area contributed by atoms with Crippen LogP contribution in [0.3, 0.4) is 0 Å². The number of aromatic nitrogens is 2. The molecule has 0 aliphatic carbocycles. The lowest BCUT2D eigenvalue weighted by atomic mass is 10.2. The number of hydrogen-bond donors (Lipinski definition) is 3.